The number of nitrogens with two attached hydrogens (primary N) is 1. The minimum Gasteiger partial charge on any atom is -0.324 e. The lowest BCUT2D eigenvalue weighted by molar-refractivity contribution is 0.278. The quantitative estimate of drug-likeness (QED) is 0.825. The fraction of sp³-hybridized carbons (Fsp3) is 0.412. The van der Waals surface area contributed by atoms with Gasteiger partial charge >= 0.3 is 0 Å². The number of hydrogen-bond acceptors (Lipinski definition) is 1. The Bertz CT molecular complexity index is 607. The van der Waals surface area contributed by atoms with E-state index >= 15 is 0 Å². The van der Waals surface area contributed by atoms with Crippen molar-refractivity contribution >= 4 is 0 Å². The minimum atomic E-state index is 0.171. The molecule has 1 heterocycles. The largest absolute Gasteiger partial charge is 0.324 e. The van der Waals surface area contributed by atoms with Crippen LogP contribution in [0.1, 0.15) is 43.1 Å². The van der Waals surface area contributed by atoms with E-state index in [1.807, 2.05) is 0 Å². The van der Waals surface area contributed by atoms with E-state index in [1.54, 1.807) is 0 Å². The molecule has 3 rings (SSSR count). The third kappa shape index (κ3) is 2.21. The van der Waals surface area contributed by atoms with Gasteiger partial charge in [-0.1, -0.05) is 26.0 Å². The van der Waals surface area contributed by atoms with Crippen LogP contribution < -0.4 is 5.73 Å². The molecular weight excluding hydrogens is 232 g/mol. The van der Waals surface area contributed by atoms with Gasteiger partial charge in [-0.15, -0.1) is 0 Å². The van der Waals surface area contributed by atoms with Crippen LogP contribution in [0.25, 0.3) is 5.69 Å². The summed E-state index contributed by atoms with van der Waals surface area (Å²) in [6.07, 6.45) is 4.33. The normalized spacial score (nSPS) is 21.2. The molecule has 0 saturated heterocycles. The van der Waals surface area contributed by atoms with E-state index in [-0.39, 0.29) is 11.5 Å². The maximum absolute atomic E-state index is 6.33. The van der Waals surface area contributed by atoms with Crippen LogP contribution >= 0.6 is 0 Å². The van der Waals surface area contributed by atoms with Gasteiger partial charge in [-0.05, 0) is 54.5 Å². The van der Waals surface area contributed by atoms with Gasteiger partial charge in [-0.3, -0.25) is 0 Å². The molecule has 1 unspecified atom stereocenters. The van der Waals surface area contributed by atoms with Crippen LogP contribution in [0.15, 0.2) is 36.5 Å². The van der Waals surface area contributed by atoms with E-state index in [1.165, 1.54) is 22.5 Å². The predicted octanol–water partition coefficient (Wildman–Crippen LogP) is 3.76. The average molecular weight is 254 g/mol. The van der Waals surface area contributed by atoms with Crippen LogP contribution in [0.3, 0.4) is 0 Å². The number of aryl methyl sites for hydroxylation is 1. The molecule has 2 N–H and O–H groups in total. The zero-order chi connectivity index (χ0) is 13.6. The summed E-state index contributed by atoms with van der Waals surface area (Å²) in [4.78, 5) is 0. The summed E-state index contributed by atoms with van der Waals surface area (Å²) in [7, 11) is 0. The lowest BCUT2D eigenvalue weighted by atomic mass is 9.74. The lowest BCUT2D eigenvalue weighted by Crippen LogP contribution is -2.30. The molecule has 1 aliphatic rings. The van der Waals surface area contributed by atoms with Crippen molar-refractivity contribution in [2.45, 2.75) is 39.7 Å². The minimum absolute atomic E-state index is 0.171. The van der Waals surface area contributed by atoms with Crippen molar-refractivity contribution in [2.75, 3.05) is 0 Å². The second-order valence-electron chi connectivity index (χ2n) is 6.58. The summed E-state index contributed by atoms with van der Waals surface area (Å²) in [5.41, 5.74) is 11.9. The van der Waals surface area contributed by atoms with Crippen LogP contribution in [-0.2, 0) is 6.42 Å². The monoisotopic (exact) mass is 254 g/mol. The summed E-state index contributed by atoms with van der Waals surface area (Å²) >= 11 is 0. The molecule has 1 atom stereocenters. The van der Waals surface area contributed by atoms with Crippen molar-refractivity contribution in [1.29, 1.82) is 0 Å². The third-order valence-corrected chi connectivity index (χ3v) is 4.12. The summed E-state index contributed by atoms with van der Waals surface area (Å²) in [5.74, 6) is 0. The molecule has 1 aromatic heterocycles. The van der Waals surface area contributed by atoms with Crippen molar-refractivity contribution in [1.82, 2.24) is 4.57 Å². The number of benzene rings is 1. The molecule has 1 aromatic carbocycles. The SMILES string of the molecule is Cc1cccc(-n2ccc3c2CC(C)(C)CC3N)c1. The average Bonchev–Trinajstić information content (AvgIpc) is 2.71. The lowest BCUT2D eigenvalue weighted by Gasteiger charge is -2.34. The maximum atomic E-state index is 6.33. The predicted molar refractivity (Wildman–Crippen MR) is 79.5 cm³/mol. The number of fused-ring (bicyclic) bond motifs is 1. The van der Waals surface area contributed by atoms with Gasteiger partial charge < -0.3 is 10.3 Å². The van der Waals surface area contributed by atoms with Crippen molar-refractivity contribution < 1.29 is 0 Å². The topological polar surface area (TPSA) is 30.9 Å². The van der Waals surface area contributed by atoms with Gasteiger partial charge in [0.05, 0.1) is 0 Å². The second kappa shape index (κ2) is 4.24. The Balaban J connectivity index is 2.11. The van der Waals surface area contributed by atoms with Gasteiger partial charge in [0.1, 0.15) is 0 Å². The van der Waals surface area contributed by atoms with Gasteiger partial charge in [0.15, 0.2) is 0 Å². The highest BCUT2D eigenvalue weighted by Gasteiger charge is 2.32. The number of rotatable bonds is 1. The smallest absolute Gasteiger partial charge is 0.0455 e. The van der Waals surface area contributed by atoms with Crippen molar-refractivity contribution in [3.05, 3.63) is 53.3 Å². The first-order valence-corrected chi connectivity index (χ1v) is 6.99. The first-order chi connectivity index (χ1) is 8.96. The summed E-state index contributed by atoms with van der Waals surface area (Å²) in [6, 6.07) is 11.0. The molecule has 1 aliphatic carbocycles. The van der Waals surface area contributed by atoms with Crippen LogP contribution in [-0.4, -0.2) is 4.57 Å². The maximum Gasteiger partial charge on any atom is 0.0455 e. The number of nitrogens with zero attached hydrogens (tertiary/aromatic N) is 1. The fourth-order valence-corrected chi connectivity index (χ4v) is 3.26. The molecule has 0 spiro atoms. The molecule has 0 saturated carbocycles. The van der Waals surface area contributed by atoms with E-state index in [2.05, 4.69) is 61.9 Å². The van der Waals surface area contributed by atoms with Crippen molar-refractivity contribution in [3.8, 4) is 5.69 Å². The Morgan fingerprint density at radius 1 is 1.26 bits per heavy atom. The van der Waals surface area contributed by atoms with Crippen LogP contribution in [0.4, 0.5) is 0 Å². The highest BCUT2D eigenvalue weighted by molar-refractivity contribution is 5.42. The zero-order valence-electron chi connectivity index (χ0n) is 12.0. The molecule has 19 heavy (non-hydrogen) atoms. The second-order valence-corrected chi connectivity index (χ2v) is 6.58. The number of aromatic nitrogens is 1. The Kier molecular flexibility index (Phi) is 2.79. The molecule has 2 nitrogen and oxygen atoms in total. The summed E-state index contributed by atoms with van der Waals surface area (Å²) < 4.78 is 2.31. The fourth-order valence-electron chi connectivity index (χ4n) is 3.26. The molecule has 0 amide bonds. The van der Waals surface area contributed by atoms with E-state index < -0.39 is 0 Å². The highest BCUT2D eigenvalue weighted by Crippen LogP contribution is 2.40. The van der Waals surface area contributed by atoms with E-state index in [0.29, 0.717) is 0 Å². The van der Waals surface area contributed by atoms with Gasteiger partial charge in [-0.25, -0.2) is 0 Å². The van der Waals surface area contributed by atoms with Gasteiger partial charge in [0.2, 0.25) is 0 Å². The molecule has 2 heteroatoms. The first-order valence-electron chi connectivity index (χ1n) is 6.99. The van der Waals surface area contributed by atoms with Gasteiger partial charge in [-0.2, -0.15) is 0 Å². The Morgan fingerprint density at radius 3 is 2.79 bits per heavy atom. The van der Waals surface area contributed by atoms with E-state index in [4.69, 9.17) is 5.73 Å². The molecule has 100 valence electrons. The molecular formula is C17H22N2. The van der Waals surface area contributed by atoms with Gasteiger partial charge in [0.25, 0.3) is 0 Å². The van der Waals surface area contributed by atoms with Crippen LogP contribution in [0.5, 0.6) is 0 Å². The summed E-state index contributed by atoms with van der Waals surface area (Å²) in [5, 5.41) is 0. The van der Waals surface area contributed by atoms with Crippen LogP contribution in [0, 0.1) is 12.3 Å². The third-order valence-electron chi connectivity index (χ3n) is 4.12. The summed E-state index contributed by atoms with van der Waals surface area (Å²) in [6.45, 7) is 6.75. The van der Waals surface area contributed by atoms with Crippen molar-refractivity contribution in [3.63, 3.8) is 0 Å². The Hall–Kier alpha value is -1.54. The molecule has 0 radical (unpaired) electrons. The van der Waals surface area contributed by atoms with E-state index in [0.717, 1.165) is 12.8 Å². The Labute approximate surface area is 115 Å². The highest BCUT2D eigenvalue weighted by atomic mass is 15.0. The molecule has 0 bridgehead atoms. The number of hydrogen-bond donors (Lipinski definition) is 1. The zero-order valence-corrected chi connectivity index (χ0v) is 12.0. The van der Waals surface area contributed by atoms with Gasteiger partial charge in [0, 0.05) is 23.6 Å². The molecule has 0 aliphatic heterocycles. The first kappa shape index (κ1) is 12.5. The standard InChI is InChI=1S/C17H22N2/c1-12-5-4-6-13(9-12)19-8-7-14-15(18)10-17(2,3)11-16(14)19/h4-9,15H,10-11,18H2,1-3H3. The Morgan fingerprint density at radius 2 is 2.05 bits per heavy atom. The molecule has 0 fully saturated rings. The van der Waals surface area contributed by atoms with Crippen LogP contribution in [0.2, 0.25) is 0 Å². The van der Waals surface area contributed by atoms with Crippen molar-refractivity contribution in [2.24, 2.45) is 11.1 Å². The van der Waals surface area contributed by atoms with E-state index in [9.17, 15) is 0 Å². The molecule has 2 aromatic rings.